The average Bonchev–Trinajstić information content (AvgIpc) is 3.18. The first-order valence-electron chi connectivity index (χ1n) is 9.11. The zero-order chi connectivity index (χ0) is 21.1. The van der Waals surface area contributed by atoms with Gasteiger partial charge in [0.1, 0.15) is 11.6 Å². The highest BCUT2D eigenvalue weighted by Crippen LogP contribution is 2.27. The second-order valence-corrected chi connectivity index (χ2v) is 7.37. The Morgan fingerprint density at radius 1 is 0.933 bits per heavy atom. The van der Waals surface area contributed by atoms with Crippen molar-refractivity contribution < 1.29 is 9.53 Å². The number of carbonyl (C=O) groups excluding carboxylic acids is 1. The number of aromatic nitrogens is 2. The molecule has 0 saturated carbocycles. The molecule has 3 aromatic carbocycles. The Morgan fingerprint density at radius 3 is 2.33 bits per heavy atom. The molecule has 1 heterocycles. The van der Waals surface area contributed by atoms with Gasteiger partial charge in [0.05, 0.1) is 18.5 Å². The molecule has 30 heavy (non-hydrogen) atoms. The fraction of sp³-hybridized carbons (Fsp3) is 0.0435. The van der Waals surface area contributed by atoms with Crippen LogP contribution in [0.2, 0.25) is 10.0 Å². The van der Waals surface area contributed by atoms with Crippen LogP contribution in [0.5, 0.6) is 5.75 Å². The largest absolute Gasteiger partial charge is 0.497 e. The Morgan fingerprint density at radius 2 is 1.67 bits per heavy atom. The smallest absolute Gasteiger partial charge is 0.256 e. The van der Waals surface area contributed by atoms with Crippen molar-refractivity contribution in [2.45, 2.75) is 0 Å². The minimum atomic E-state index is -0.283. The molecule has 0 atom stereocenters. The molecule has 0 saturated heterocycles. The summed E-state index contributed by atoms with van der Waals surface area (Å²) in [5.41, 5.74) is 2.81. The van der Waals surface area contributed by atoms with Crippen LogP contribution in [0.4, 0.5) is 5.82 Å². The minimum Gasteiger partial charge on any atom is -0.497 e. The van der Waals surface area contributed by atoms with Gasteiger partial charge in [-0.2, -0.15) is 5.10 Å². The number of nitrogens with one attached hydrogen (secondary N) is 1. The SMILES string of the molecule is COc1ccc(-n2nc(-c3ccc(Cl)cc3)cc2NC(=O)c2cccc(Cl)c2)cc1. The highest BCUT2D eigenvalue weighted by molar-refractivity contribution is 6.31. The van der Waals surface area contributed by atoms with Gasteiger partial charge in [-0.3, -0.25) is 4.79 Å². The summed E-state index contributed by atoms with van der Waals surface area (Å²) in [6.07, 6.45) is 0. The summed E-state index contributed by atoms with van der Waals surface area (Å²) in [5, 5.41) is 8.76. The molecule has 4 rings (SSSR count). The number of rotatable bonds is 5. The molecular weight excluding hydrogens is 421 g/mol. The van der Waals surface area contributed by atoms with Crippen molar-refractivity contribution in [1.82, 2.24) is 9.78 Å². The van der Waals surface area contributed by atoms with E-state index in [-0.39, 0.29) is 5.91 Å². The van der Waals surface area contributed by atoms with Gasteiger partial charge in [-0.15, -0.1) is 0 Å². The van der Waals surface area contributed by atoms with Crippen molar-refractivity contribution in [2.75, 3.05) is 12.4 Å². The number of methoxy groups -OCH3 is 1. The molecular formula is C23H17Cl2N3O2. The number of amides is 1. The lowest BCUT2D eigenvalue weighted by molar-refractivity contribution is 0.102. The molecule has 150 valence electrons. The molecule has 4 aromatic rings. The molecule has 0 radical (unpaired) electrons. The van der Waals surface area contributed by atoms with E-state index in [1.807, 2.05) is 42.5 Å². The van der Waals surface area contributed by atoms with E-state index in [2.05, 4.69) is 5.32 Å². The quantitative estimate of drug-likeness (QED) is 0.409. The third-order valence-electron chi connectivity index (χ3n) is 4.49. The predicted octanol–water partition coefficient (Wildman–Crippen LogP) is 6.11. The second kappa shape index (κ2) is 8.61. The van der Waals surface area contributed by atoms with Gasteiger partial charge in [0.15, 0.2) is 0 Å². The van der Waals surface area contributed by atoms with Crippen LogP contribution < -0.4 is 10.1 Å². The summed E-state index contributed by atoms with van der Waals surface area (Å²) in [6, 6.07) is 23.4. The molecule has 1 aromatic heterocycles. The maximum atomic E-state index is 12.8. The van der Waals surface area contributed by atoms with Crippen molar-refractivity contribution in [3.05, 3.63) is 94.5 Å². The van der Waals surface area contributed by atoms with Gasteiger partial charge >= 0.3 is 0 Å². The number of anilines is 1. The van der Waals surface area contributed by atoms with E-state index in [1.54, 1.807) is 48.2 Å². The van der Waals surface area contributed by atoms with Crippen LogP contribution in [0, 0.1) is 0 Å². The van der Waals surface area contributed by atoms with Crippen LogP contribution in [0.1, 0.15) is 10.4 Å². The molecule has 0 aliphatic carbocycles. The summed E-state index contributed by atoms with van der Waals surface area (Å²) in [6.45, 7) is 0. The molecule has 0 unspecified atom stereocenters. The van der Waals surface area contributed by atoms with Crippen LogP contribution in [0.25, 0.3) is 16.9 Å². The van der Waals surface area contributed by atoms with Crippen LogP contribution >= 0.6 is 23.2 Å². The highest BCUT2D eigenvalue weighted by atomic mass is 35.5. The first kappa shape index (κ1) is 20.0. The van der Waals surface area contributed by atoms with Gasteiger partial charge < -0.3 is 10.1 Å². The summed E-state index contributed by atoms with van der Waals surface area (Å²) in [7, 11) is 1.61. The van der Waals surface area contributed by atoms with Gasteiger partial charge in [-0.1, -0.05) is 41.4 Å². The summed E-state index contributed by atoms with van der Waals surface area (Å²) >= 11 is 12.0. The Bertz CT molecular complexity index is 1190. The van der Waals surface area contributed by atoms with E-state index >= 15 is 0 Å². The van der Waals surface area contributed by atoms with E-state index in [1.165, 1.54) is 0 Å². The minimum absolute atomic E-state index is 0.283. The lowest BCUT2D eigenvalue weighted by Crippen LogP contribution is -2.15. The number of hydrogen-bond donors (Lipinski definition) is 1. The van der Waals surface area contributed by atoms with Crippen LogP contribution in [0.3, 0.4) is 0 Å². The standard InChI is InChI=1S/C23H17Cl2N3O2/c1-30-20-11-9-19(10-12-20)28-22(26-23(29)16-3-2-4-18(25)13-16)14-21(27-28)15-5-7-17(24)8-6-15/h2-14H,1H3,(H,26,29). The number of hydrogen-bond acceptors (Lipinski definition) is 3. The molecule has 0 bridgehead atoms. The maximum absolute atomic E-state index is 12.8. The van der Waals surface area contributed by atoms with E-state index in [0.717, 1.165) is 17.0 Å². The fourth-order valence-corrected chi connectivity index (χ4v) is 3.29. The first-order chi connectivity index (χ1) is 14.5. The molecule has 1 amide bonds. The lowest BCUT2D eigenvalue weighted by atomic mass is 10.1. The van der Waals surface area contributed by atoms with E-state index in [9.17, 15) is 4.79 Å². The number of carbonyl (C=O) groups is 1. The van der Waals surface area contributed by atoms with Crippen LogP contribution in [-0.4, -0.2) is 22.8 Å². The van der Waals surface area contributed by atoms with Gasteiger partial charge in [0, 0.05) is 27.2 Å². The Hall–Kier alpha value is -3.28. The topological polar surface area (TPSA) is 56.1 Å². The molecule has 0 aliphatic rings. The Labute approximate surface area is 183 Å². The van der Waals surface area contributed by atoms with Crippen molar-refractivity contribution in [3.63, 3.8) is 0 Å². The molecule has 0 spiro atoms. The van der Waals surface area contributed by atoms with Crippen LogP contribution in [0.15, 0.2) is 78.9 Å². The van der Waals surface area contributed by atoms with E-state index in [0.29, 0.717) is 27.1 Å². The highest BCUT2D eigenvalue weighted by Gasteiger charge is 2.15. The van der Waals surface area contributed by atoms with Gasteiger partial charge in [-0.25, -0.2) is 4.68 Å². The monoisotopic (exact) mass is 437 g/mol. The summed E-state index contributed by atoms with van der Waals surface area (Å²) < 4.78 is 6.90. The normalized spacial score (nSPS) is 10.6. The Balaban J connectivity index is 1.74. The lowest BCUT2D eigenvalue weighted by Gasteiger charge is -2.10. The maximum Gasteiger partial charge on any atom is 0.256 e. The number of halogens is 2. The second-order valence-electron chi connectivity index (χ2n) is 6.50. The third-order valence-corrected chi connectivity index (χ3v) is 4.98. The van der Waals surface area contributed by atoms with Crippen molar-refractivity contribution in [3.8, 4) is 22.7 Å². The zero-order valence-electron chi connectivity index (χ0n) is 16.0. The molecule has 0 aliphatic heterocycles. The number of benzene rings is 3. The fourth-order valence-electron chi connectivity index (χ4n) is 2.97. The van der Waals surface area contributed by atoms with E-state index in [4.69, 9.17) is 33.0 Å². The molecule has 5 nitrogen and oxygen atoms in total. The van der Waals surface area contributed by atoms with E-state index < -0.39 is 0 Å². The molecule has 1 N–H and O–H groups in total. The molecule has 7 heteroatoms. The zero-order valence-corrected chi connectivity index (χ0v) is 17.5. The third kappa shape index (κ3) is 4.32. The molecule has 0 fully saturated rings. The number of nitrogens with zero attached hydrogens (tertiary/aromatic N) is 2. The van der Waals surface area contributed by atoms with Crippen LogP contribution in [-0.2, 0) is 0 Å². The summed E-state index contributed by atoms with van der Waals surface area (Å²) in [5.74, 6) is 0.971. The van der Waals surface area contributed by atoms with Crippen molar-refractivity contribution in [1.29, 1.82) is 0 Å². The van der Waals surface area contributed by atoms with Crippen molar-refractivity contribution in [2.24, 2.45) is 0 Å². The van der Waals surface area contributed by atoms with Gasteiger partial charge in [0.2, 0.25) is 0 Å². The van der Waals surface area contributed by atoms with Gasteiger partial charge in [-0.05, 0) is 54.6 Å². The Kier molecular flexibility index (Phi) is 5.74. The van der Waals surface area contributed by atoms with Crippen molar-refractivity contribution >= 4 is 34.9 Å². The summed E-state index contributed by atoms with van der Waals surface area (Å²) in [4.78, 5) is 12.8. The van der Waals surface area contributed by atoms with Gasteiger partial charge in [0.25, 0.3) is 5.91 Å². The first-order valence-corrected chi connectivity index (χ1v) is 9.86. The average molecular weight is 438 g/mol. The number of ether oxygens (including phenoxy) is 1. The predicted molar refractivity (Wildman–Crippen MR) is 120 cm³/mol.